The van der Waals surface area contributed by atoms with E-state index in [2.05, 4.69) is 14.9 Å². The summed E-state index contributed by atoms with van der Waals surface area (Å²) in [5.41, 5.74) is 1.77. The summed E-state index contributed by atoms with van der Waals surface area (Å²) in [6.45, 7) is 4.77. The molecule has 0 radical (unpaired) electrons. The highest BCUT2D eigenvalue weighted by Crippen LogP contribution is 2.29. The molecule has 33 heavy (non-hydrogen) atoms. The van der Waals surface area contributed by atoms with Gasteiger partial charge in [0.05, 0.1) is 17.6 Å². The van der Waals surface area contributed by atoms with Crippen LogP contribution >= 0.6 is 0 Å². The third kappa shape index (κ3) is 5.59. The minimum Gasteiger partial charge on any atom is -0.497 e. The number of piperazine rings is 1. The molecule has 0 aliphatic carbocycles. The number of anilines is 2. The van der Waals surface area contributed by atoms with Crippen LogP contribution in [0.2, 0.25) is 0 Å². The van der Waals surface area contributed by atoms with Crippen LogP contribution in [0.1, 0.15) is 36.0 Å². The maximum absolute atomic E-state index is 13.6. The number of nitrogens with one attached hydrogen (secondary N) is 2. The lowest BCUT2D eigenvalue weighted by Gasteiger charge is -2.32. The molecule has 2 aromatic rings. The maximum Gasteiger partial charge on any atom is 0.262 e. The fourth-order valence-electron chi connectivity index (χ4n) is 4.38. The molecule has 8 nitrogen and oxygen atoms in total. The van der Waals surface area contributed by atoms with Crippen molar-refractivity contribution in [2.24, 2.45) is 0 Å². The van der Waals surface area contributed by atoms with Gasteiger partial charge < -0.3 is 19.9 Å². The summed E-state index contributed by atoms with van der Waals surface area (Å²) < 4.78 is 33.8. The first-order chi connectivity index (χ1) is 16.0. The molecular weight excluding hydrogens is 440 g/mol. The predicted octanol–water partition coefficient (Wildman–Crippen LogP) is 2.92. The Balaban J connectivity index is 1.66. The Hall–Kier alpha value is -2.78. The maximum atomic E-state index is 13.6. The van der Waals surface area contributed by atoms with E-state index in [1.807, 2.05) is 11.0 Å². The molecule has 0 aromatic heterocycles. The predicted molar refractivity (Wildman–Crippen MR) is 130 cm³/mol. The van der Waals surface area contributed by atoms with Gasteiger partial charge in [0.25, 0.3) is 15.9 Å². The number of amides is 1. The first-order valence-electron chi connectivity index (χ1n) is 11.5. The molecule has 2 aromatic carbocycles. The molecule has 0 bridgehead atoms. The summed E-state index contributed by atoms with van der Waals surface area (Å²) in [5.74, 6) is 0.428. The fourth-order valence-corrected chi connectivity index (χ4v) is 5.46. The van der Waals surface area contributed by atoms with E-state index in [9.17, 15) is 13.2 Å². The smallest absolute Gasteiger partial charge is 0.262 e. The summed E-state index contributed by atoms with van der Waals surface area (Å²) in [6.07, 6.45) is 4.26. The minimum absolute atomic E-state index is 0.0344. The molecule has 0 atom stereocenters. The van der Waals surface area contributed by atoms with Crippen LogP contribution in [0, 0.1) is 0 Å². The highest BCUT2D eigenvalue weighted by Gasteiger charge is 2.25. The number of carbonyl (C=O) groups excluding carboxylic acids is 1. The molecule has 2 heterocycles. The SMILES string of the molecule is COc1cccc(S(=O)(=O)Nc2ccc(N3CCNCC3)c(C(=O)N3CCCCCC3)c2)c1. The normalized spacial score (nSPS) is 17.4. The zero-order valence-corrected chi connectivity index (χ0v) is 19.9. The Kier molecular flexibility index (Phi) is 7.39. The molecular formula is C24H32N4O4S. The second kappa shape index (κ2) is 10.4. The molecule has 0 unspecified atom stereocenters. The van der Waals surface area contributed by atoms with Gasteiger partial charge in [-0.15, -0.1) is 0 Å². The number of rotatable bonds is 6. The third-order valence-corrected chi connectivity index (χ3v) is 7.56. The lowest BCUT2D eigenvalue weighted by molar-refractivity contribution is 0.0762. The summed E-state index contributed by atoms with van der Waals surface area (Å²) in [5, 5.41) is 3.34. The Morgan fingerprint density at radius 1 is 0.970 bits per heavy atom. The Morgan fingerprint density at radius 2 is 1.70 bits per heavy atom. The van der Waals surface area contributed by atoms with Crippen molar-refractivity contribution in [2.75, 3.05) is 56.0 Å². The first kappa shape index (κ1) is 23.4. The number of hydrogen-bond donors (Lipinski definition) is 2. The molecule has 0 saturated carbocycles. The number of methoxy groups -OCH3 is 1. The van der Waals surface area contributed by atoms with Crippen LogP contribution in [0.25, 0.3) is 0 Å². The molecule has 2 N–H and O–H groups in total. The average molecular weight is 473 g/mol. The zero-order valence-electron chi connectivity index (χ0n) is 19.0. The van der Waals surface area contributed by atoms with Gasteiger partial charge in [-0.3, -0.25) is 9.52 Å². The standard InChI is InChI=1S/C24H32N4O4S/c1-32-20-7-6-8-21(18-20)33(30,31)26-19-9-10-23(27-15-11-25-12-16-27)22(17-19)24(29)28-13-4-2-3-5-14-28/h6-10,17-18,25-26H,2-5,11-16H2,1H3. The Morgan fingerprint density at radius 3 is 2.39 bits per heavy atom. The molecule has 2 saturated heterocycles. The quantitative estimate of drug-likeness (QED) is 0.672. The number of carbonyl (C=O) groups is 1. The van der Waals surface area contributed by atoms with Crippen LogP contribution < -0.4 is 19.7 Å². The number of likely N-dealkylation sites (tertiary alicyclic amines) is 1. The van der Waals surface area contributed by atoms with Gasteiger partial charge in [0.1, 0.15) is 5.75 Å². The van der Waals surface area contributed by atoms with E-state index in [0.29, 0.717) is 17.0 Å². The molecule has 1 amide bonds. The van der Waals surface area contributed by atoms with Crippen LogP contribution in [0.4, 0.5) is 11.4 Å². The third-order valence-electron chi connectivity index (χ3n) is 6.18. The van der Waals surface area contributed by atoms with Crippen molar-refractivity contribution < 1.29 is 17.9 Å². The van der Waals surface area contributed by atoms with Gasteiger partial charge in [-0.25, -0.2) is 8.42 Å². The van der Waals surface area contributed by atoms with Crippen molar-refractivity contribution in [3.05, 3.63) is 48.0 Å². The molecule has 9 heteroatoms. The number of ether oxygens (including phenoxy) is 1. The molecule has 178 valence electrons. The number of benzene rings is 2. The van der Waals surface area contributed by atoms with Gasteiger partial charge in [0.15, 0.2) is 0 Å². The highest BCUT2D eigenvalue weighted by atomic mass is 32.2. The van der Waals surface area contributed by atoms with E-state index in [1.54, 1.807) is 24.3 Å². The van der Waals surface area contributed by atoms with E-state index < -0.39 is 10.0 Å². The summed E-state index contributed by atoms with van der Waals surface area (Å²) in [4.78, 5) is 17.8. The zero-order chi connectivity index (χ0) is 23.3. The van der Waals surface area contributed by atoms with E-state index in [-0.39, 0.29) is 10.8 Å². The van der Waals surface area contributed by atoms with Crippen molar-refractivity contribution in [2.45, 2.75) is 30.6 Å². The molecule has 2 aliphatic heterocycles. The van der Waals surface area contributed by atoms with Gasteiger partial charge in [0.2, 0.25) is 0 Å². The minimum atomic E-state index is -3.84. The molecule has 4 rings (SSSR count). The van der Waals surface area contributed by atoms with E-state index in [0.717, 1.165) is 70.6 Å². The van der Waals surface area contributed by atoms with Crippen molar-refractivity contribution in [1.29, 1.82) is 0 Å². The second-order valence-electron chi connectivity index (χ2n) is 8.46. The molecule has 2 fully saturated rings. The topological polar surface area (TPSA) is 91.0 Å². The van der Waals surface area contributed by atoms with Crippen LogP contribution in [0.3, 0.4) is 0 Å². The summed E-state index contributed by atoms with van der Waals surface area (Å²) in [7, 11) is -2.34. The van der Waals surface area contributed by atoms with Crippen LogP contribution in [0.5, 0.6) is 5.75 Å². The van der Waals surface area contributed by atoms with Crippen molar-refractivity contribution in [3.63, 3.8) is 0 Å². The summed E-state index contributed by atoms with van der Waals surface area (Å²) in [6, 6.07) is 11.6. The number of sulfonamides is 1. The lowest BCUT2D eigenvalue weighted by atomic mass is 10.1. The van der Waals surface area contributed by atoms with Gasteiger partial charge in [-0.05, 0) is 43.2 Å². The van der Waals surface area contributed by atoms with Gasteiger partial charge in [-0.2, -0.15) is 0 Å². The van der Waals surface area contributed by atoms with E-state index in [1.165, 1.54) is 19.2 Å². The van der Waals surface area contributed by atoms with Crippen molar-refractivity contribution in [1.82, 2.24) is 10.2 Å². The van der Waals surface area contributed by atoms with Crippen molar-refractivity contribution >= 4 is 27.3 Å². The first-order valence-corrected chi connectivity index (χ1v) is 13.0. The van der Waals surface area contributed by atoms with Gasteiger partial charge in [0, 0.05) is 56.7 Å². The Bertz CT molecular complexity index is 1080. The fraction of sp³-hybridized carbons (Fsp3) is 0.458. The lowest BCUT2D eigenvalue weighted by Crippen LogP contribution is -2.44. The Labute approximate surface area is 196 Å². The summed E-state index contributed by atoms with van der Waals surface area (Å²) >= 11 is 0. The number of hydrogen-bond acceptors (Lipinski definition) is 6. The van der Waals surface area contributed by atoms with E-state index in [4.69, 9.17) is 4.74 Å². The van der Waals surface area contributed by atoms with Crippen LogP contribution in [-0.4, -0.2) is 65.6 Å². The van der Waals surface area contributed by atoms with Crippen LogP contribution in [0.15, 0.2) is 47.4 Å². The molecule has 0 spiro atoms. The van der Waals surface area contributed by atoms with Crippen molar-refractivity contribution in [3.8, 4) is 5.75 Å². The monoisotopic (exact) mass is 472 g/mol. The van der Waals surface area contributed by atoms with Gasteiger partial charge in [-0.1, -0.05) is 18.9 Å². The average Bonchev–Trinajstić information content (AvgIpc) is 3.13. The second-order valence-corrected chi connectivity index (χ2v) is 10.1. The van der Waals surface area contributed by atoms with Crippen LogP contribution in [-0.2, 0) is 10.0 Å². The number of nitrogens with zero attached hydrogens (tertiary/aromatic N) is 2. The molecule has 2 aliphatic rings. The van der Waals surface area contributed by atoms with E-state index >= 15 is 0 Å². The van der Waals surface area contributed by atoms with Gasteiger partial charge >= 0.3 is 0 Å². The largest absolute Gasteiger partial charge is 0.497 e. The highest BCUT2D eigenvalue weighted by molar-refractivity contribution is 7.92.